The van der Waals surface area contributed by atoms with Gasteiger partial charge in [-0.1, -0.05) is 42.0 Å². The van der Waals surface area contributed by atoms with E-state index < -0.39 is 17.2 Å². The minimum Gasteiger partial charge on any atom is -0.369 e. The second-order valence-electron chi connectivity index (χ2n) is 8.79. The van der Waals surface area contributed by atoms with E-state index in [1.54, 1.807) is 12.1 Å². The minimum absolute atomic E-state index is 0.160. The lowest BCUT2D eigenvalue weighted by Gasteiger charge is -2.41. The maximum absolute atomic E-state index is 13.6. The molecule has 0 bridgehead atoms. The van der Waals surface area contributed by atoms with Crippen molar-refractivity contribution < 1.29 is 9.59 Å². The molecule has 1 aliphatic heterocycles. The summed E-state index contributed by atoms with van der Waals surface area (Å²) < 4.78 is 0. The Morgan fingerprint density at radius 3 is 2.70 bits per heavy atom. The lowest BCUT2D eigenvalue weighted by Crippen LogP contribution is -2.56. The number of aromatic nitrogens is 2. The number of carbonyl (C=O) groups is 2. The average molecular weight is 442 g/mol. The number of rotatable bonds is 7. The topological polar surface area (TPSA) is 125 Å². The second-order valence-corrected chi connectivity index (χ2v) is 8.79. The fraction of sp³-hybridized carbons (Fsp3) is 0.308. The fourth-order valence-electron chi connectivity index (χ4n) is 4.71. The third-order valence-electron chi connectivity index (χ3n) is 6.52. The Morgan fingerprint density at radius 2 is 2.00 bits per heavy atom. The van der Waals surface area contributed by atoms with Crippen molar-refractivity contribution in [2.45, 2.75) is 26.2 Å². The molecule has 2 unspecified atom stereocenters. The number of H-pyrrole nitrogens is 1. The number of piperidine rings is 1. The number of hydrogen-bond donors (Lipinski definition) is 3. The van der Waals surface area contributed by atoms with Crippen molar-refractivity contribution in [2.24, 2.45) is 17.1 Å². The molecule has 0 aliphatic carbocycles. The number of aryl methyl sites for hydroxylation is 1. The molecule has 1 aliphatic rings. The fourth-order valence-corrected chi connectivity index (χ4v) is 4.71. The molecule has 1 aromatic heterocycles. The van der Waals surface area contributed by atoms with E-state index in [0.29, 0.717) is 49.4 Å². The summed E-state index contributed by atoms with van der Waals surface area (Å²) in [5.41, 5.74) is 9.04. The molecular weight excluding hydrogens is 414 g/mol. The highest BCUT2D eigenvalue weighted by Gasteiger charge is 2.49. The number of nitriles is 1. The van der Waals surface area contributed by atoms with Gasteiger partial charge >= 0.3 is 0 Å². The summed E-state index contributed by atoms with van der Waals surface area (Å²) in [6.45, 7) is 3.02. The maximum Gasteiger partial charge on any atom is 0.224 e. The summed E-state index contributed by atoms with van der Waals surface area (Å²) in [4.78, 5) is 33.9. The smallest absolute Gasteiger partial charge is 0.224 e. The summed E-state index contributed by atoms with van der Waals surface area (Å²) in [5, 5.41) is 12.2. The van der Waals surface area contributed by atoms with Crippen molar-refractivity contribution in [3.05, 3.63) is 88.5 Å². The van der Waals surface area contributed by atoms with Crippen LogP contribution in [0.3, 0.4) is 0 Å². The van der Waals surface area contributed by atoms with Crippen molar-refractivity contribution in [1.29, 1.82) is 5.26 Å². The molecule has 2 atom stereocenters. The van der Waals surface area contributed by atoms with Crippen molar-refractivity contribution in [3.8, 4) is 6.07 Å². The van der Waals surface area contributed by atoms with Gasteiger partial charge in [0.1, 0.15) is 11.5 Å². The molecular formula is C26H27N5O2. The molecule has 1 saturated heterocycles. The highest BCUT2D eigenvalue weighted by atomic mass is 16.2. The Kier molecular flexibility index (Phi) is 6.38. The van der Waals surface area contributed by atoms with E-state index in [-0.39, 0.29) is 5.78 Å². The third-order valence-corrected chi connectivity index (χ3v) is 6.52. The van der Waals surface area contributed by atoms with Gasteiger partial charge in [0.25, 0.3) is 0 Å². The van der Waals surface area contributed by atoms with Gasteiger partial charge in [-0.15, -0.1) is 0 Å². The van der Waals surface area contributed by atoms with E-state index >= 15 is 0 Å². The van der Waals surface area contributed by atoms with Gasteiger partial charge in [-0.25, -0.2) is 4.98 Å². The Labute approximate surface area is 193 Å². The standard InChI is InChI=1S/C26H27N5O2/c1-17-3-2-4-20(11-17)13-26(25(28)33)9-10-29-15-21(26)24(32)22-16-30-23(31-22)12-18-5-7-19(14-27)8-6-18/h2-8,11,16,21,29H,9-10,12-13,15H2,1H3,(H2,28,33)(H,30,31). The average Bonchev–Trinajstić information content (AvgIpc) is 3.28. The first kappa shape index (κ1) is 22.4. The molecule has 168 valence electrons. The van der Waals surface area contributed by atoms with Gasteiger partial charge < -0.3 is 16.0 Å². The predicted molar refractivity (Wildman–Crippen MR) is 124 cm³/mol. The number of primary amides is 1. The first-order valence-electron chi connectivity index (χ1n) is 11.0. The molecule has 0 saturated carbocycles. The summed E-state index contributed by atoms with van der Waals surface area (Å²) in [7, 11) is 0. The molecule has 4 rings (SSSR count). The normalized spacial score (nSPS) is 20.2. The molecule has 3 aromatic rings. The summed E-state index contributed by atoms with van der Waals surface area (Å²) in [6.07, 6.45) is 2.97. The number of nitrogens with one attached hydrogen (secondary N) is 2. The zero-order valence-corrected chi connectivity index (χ0v) is 18.6. The molecule has 7 heteroatoms. The monoisotopic (exact) mass is 441 g/mol. The van der Waals surface area contributed by atoms with E-state index in [1.807, 2.05) is 43.3 Å². The van der Waals surface area contributed by atoms with Crippen LogP contribution in [-0.4, -0.2) is 34.7 Å². The third kappa shape index (κ3) is 4.71. The molecule has 33 heavy (non-hydrogen) atoms. The van der Waals surface area contributed by atoms with Crippen LogP contribution < -0.4 is 11.1 Å². The van der Waals surface area contributed by atoms with Gasteiger partial charge in [-0.2, -0.15) is 5.26 Å². The molecule has 1 fully saturated rings. The number of Topliss-reactive ketones (excluding diaryl/α,β-unsaturated/α-hetero) is 1. The minimum atomic E-state index is -0.964. The lowest BCUT2D eigenvalue weighted by molar-refractivity contribution is -0.131. The van der Waals surface area contributed by atoms with Gasteiger partial charge in [-0.3, -0.25) is 9.59 Å². The van der Waals surface area contributed by atoms with Crippen molar-refractivity contribution >= 4 is 11.7 Å². The van der Waals surface area contributed by atoms with Gasteiger partial charge in [0.05, 0.1) is 29.2 Å². The van der Waals surface area contributed by atoms with E-state index in [2.05, 4.69) is 21.4 Å². The van der Waals surface area contributed by atoms with Gasteiger partial charge in [0.15, 0.2) is 5.78 Å². The van der Waals surface area contributed by atoms with Crippen molar-refractivity contribution in [1.82, 2.24) is 15.3 Å². The molecule has 2 heterocycles. The van der Waals surface area contributed by atoms with E-state index in [4.69, 9.17) is 11.0 Å². The second kappa shape index (κ2) is 9.39. The number of carbonyl (C=O) groups excluding carboxylic acids is 2. The predicted octanol–water partition coefficient (Wildman–Crippen LogP) is 2.69. The SMILES string of the molecule is Cc1cccc(CC2(C(N)=O)CCNCC2C(=O)c2cnc(Cc3ccc(C#N)cc3)[nH]2)c1. The summed E-state index contributed by atoms with van der Waals surface area (Å²) in [6, 6.07) is 17.3. The van der Waals surface area contributed by atoms with Crippen molar-refractivity contribution in [3.63, 3.8) is 0 Å². The Bertz CT molecular complexity index is 1210. The quantitative estimate of drug-likeness (QED) is 0.486. The van der Waals surface area contributed by atoms with Crippen LogP contribution in [0, 0.1) is 29.6 Å². The van der Waals surface area contributed by atoms with Crippen LogP contribution in [-0.2, 0) is 17.6 Å². The zero-order valence-electron chi connectivity index (χ0n) is 18.6. The highest BCUT2D eigenvalue weighted by molar-refractivity contribution is 6.00. The Hall–Kier alpha value is -3.76. The molecule has 2 aromatic carbocycles. The van der Waals surface area contributed by atoms with Crippen LogP contribution >= 0.6 is 0 Å². The Balaban J connectivity index is 1.58. The number of nitrogens with two attached hydrogens (primary N) is 1. The zero-order chi connectivity index (χ0) is 23.4. The number of benzene rings is 2. The molecule has 1 amide bonds. The summed E-state index contributed by atoms with van der Waals surface area (Å²) >= 11 is 0. The molecule has 0 spiro atoms. The van der Waals surface area contributed by atoms with Gasteiger partial charge in [0, 0.05) is 13.0 Å². The Morgan fingerprint density at radius 1 is 1.21 bits per heavy atom. The van der Waals surface area contributed by atoms with Crippen LogP contribution in [0.1, 0.15) is 45.0 Å². The number of imidazole rings is 1. The molecule has 0 radical (unpaired) electrons. The molecule has 7 nitrogen and oxygen atoms in total. The number of nitrogens with zero attached hydrogens (tertiary/aromatic N) is 2. The largest absolute Gasteiger partial charge is 0.369 e. The van der Waals surface area contributed by atoms with E-state index in [9.17, 15) is 9.59 Å². The number of ketones is 1. The molecule has 4 N–H and O–H groups in total. The number of aromatic amines is 1. The first-order valence-corrected chi connectivity index (χ1v) is 11.0. The van der Waals surface area contributed by atoms with E-state index in [0.717, 1.165) is 16.7 Å². The van der Waals surface area contributed by atoms with Crippen molar-refractivity contribution in [2.75, 3.05) is 13.1 Å². The van der Waals surface area contributed by atoms with Gasteiger partial charge in [0.2, 0.25) is 5.91 Å². The summed E-state index contributed by atoms with van der Waals surface area (Å²) in [5.74, 6) is -0.545. The van der Waals surface area contributed by atoms with E-state index in [1.165, 1.54) is 6.20 Å². The number of hydrogen-bond acceptors (Lipinski definition) is 5. The van der Waals surface area contributed by atoms with Crippen LogP contribution in [0.15, 0.2) is 54.7 Å². The van der Waals surface area contributed by atoms with Crippen LogP contribution in [0.25, 0.3) is 0 Å². The van der Waals surface area contributed by atoms with Crippen LogP contribution in [0.4, 0.5) is 0 Å². The van der Waals surface area contributed by atoms with Crippen LogP contribution in [0.5, 0.6) is 0 Å². The number of amides is 1. The van der Waals surface area contributed by atoms with Crippen LogP contribution in [0.2, 0.25) is 0 Å². The maximum atomic E-state index is 13.6. The first-order chi connectivity index (χ1) is 15.9. The van der Waals surface area contributed by atoms with Gasteiger partial charge in [-0.05, 0) is 49.6 Å². The lowest BCUT2D eigenvalue weighted by atomic mass is 9.64. The highest BCUT2D eigenvalue weighted by Crippen LogP contribution is 2.39.